The highest BCUT2D eigenvalue weighted by Crippen LogP contribution is 2.34. The molecule has 0 bridgehead atoms. The Kier molecular flexibility index (Phi) is 5.73. The van der Waals surface area contributed by atoms with Crippen LogP contribution >= 0.6 is 0 Å². The van der Waals surface area contributed by atoms with Gasteiger partial charge < -0.3 is 10.4 Å². The number of nitro benzene ring substituents is 1. The Balaban J connectivity index is 1.75. The number of nitrogens with zero attached hydrogens (tertiary/aromatic N) is 1. The van der Waals surface area contributed by atoms with Gasteiger partial charge in [-0.25, -0.2) is 13.1 Å². The van der Waals surface area contributed by atoms with Gasteiger partial charge in [0, 0.05) is 18.7 Å². The first-order chi connectivity index (χ1) is 12.7. The Morgan fingerprint density at radius 2 is 1.93 bits per heavy atom. The van der Waals surface area contributed by atoms with E-state index in [0.717, 1.165) is 38.2 Å². The maximum Gasteiger partial charge on any atom is 0.293 e. The average Bonchev–Trinajstić information content (AvgIpc) is 2.60. The standard InChI is InChI=1S/C18H27N3O5S/c1-13-3-5-14(6-4-13)20-27(25,26)15-7-8-16(17(11-15)21(23)24)19-12-18(22)9-2-10-18/h7-8,11,13-14,19-20,22H,2-6,9-10,12H2,1H3. The Labute approximate surface area is 159 Å². The minimum absolute atomic E-state index is 0.110. The molecule has 0 saturated heterocycles. The van der Waals surface area contributed by atoms with Crippen molar-refractivity contribution in [2.24, 2.45) is 5.92 Å². The van der Waals surface area contributed by atoms with E-state index in [-0.39, 0.29) is 28.9 Å². The molecule has 2 saturated carbocycles. The molecule has 1 aromatic rings. The Morgan fingerprint density at radius 1 is 1.26 bits per heavy atom. The van der Waals surface area contributed by atoms with E-state index in [1.807, 2.05) is 0 Å². The monoisotopic (exact) mass is 397 g/mol. The van der Waals surface area contributed by atoms with Crippen LogP contribution in [-0.4, -0.2) is 36.6 Å². The highest BCUT2D eigenvalue weighted by atomic mass is 32.2. The van der Waals surface area contributed by atoms with Crippen molar-refractivity contribution >= 4 is 21.4 Å². The van der Waals surface area contributed by atoms with E-state index in [9.17, 15) is 23.6 Å². The molecule has 3 N–H and O–H groups in total. The Morgan fingerprint density at radius 3 is 2.48 bits per heavy atom. The molecule has 0 aromatic heterocycles. The first-order valence-electron chi connectivity index (χ1n) is 9.46. The second kappa shape index (κ2) is 7.73. The molecule has 2 aliphatic rings. The van der Waals surface area contributed by atoms with E-state index in [0.29, 0.717) is 18.8 Å². The number of nitro groups is 1. The van der Waals surface area contributed by atoms with Crippen LogP contribution in [0.15, 0.2) is 23.1 Å². The van der Waals surface area contributed by atoms with E-state index < -0.39 is 20.5 Å². The van der Waals surface area contributed by atoms with Crippen molar-refractivity contribution in [3.05, 3.63) is 28.3 Å². The van der Waals surface area contributed by atoms with Crippen molar-refractivity contribution in [3.8, 4) is 0 Å². The van der Waals surface area contributed by atoms with Crippen molar-refractivity contribution in [2.75, 3.05) is 11.9 Å². The lowest BCUT2D eigenvalue weighted by Crippen LogP contribution is -2.43. The average molecular weight is 397 g/mol. The summed E-state index contributed by atoms with van der Waals surface area (Å²) in [4.78, 5) is 10.7. The number of rotatable bonds is 7. The lowest BCUT2D eigenvalue weighted by molar-refractivity contribution is -0.384. The topological polar surface area (TPSA) is 122 Å². The zero-order valence-electron chi connectivity index (χ0n) is 15.5. The van der Waals surface area contributed by atoms with E-state index in [1.165, 1.54) is 12.1 Å². The number of anilines is 1. The van der Waals surface area contributed by atoms with Crippen LogP contribution in [0, 0.1) is 16.0 Å². The van der Waals surface area contributed by atoms with Crippen molar-refractivity contribution in [1.29, 1.82) is 0 Å². The number of sulfonamides is 1. The SMILES string of the molecule is CC1CCC(NS(=O)(=O)c2ccc(NCC3(O)CCC3)c([N+](=O)[O-])c2)CC1. The van der Waals surface area contributed by atoms with Gasteiger partial charge in [-0.15, -0.1) is 0 Å². The third-order valence-corrected chi connectivity index (χ3v) is 7.22. The highest BCUT2D eigenvalue weighted by molar-refractivity contribution is 7.89. The highest BCUT2D eigenvalue weighted by Gasteiger charge is 2.34. The van der Waals surface area contributed by atoms with Crippen LogP contribution in [-0.2, 0) is 10.0 Å². The molecular formula is C18H27N3O5S. The van der Waals surface area contributed by atoms with Gasteiger partial charge in [0.25, 0.3) is 5.69 Å². The van der Waals surface area contributed by atoms with Crippen LogP contribution in [0.5, 0.6) is 0 Å². The van der Waals surface area contributed by atoms with Crippen LogP contribution in [0.3, 0.4) is 0 Å². The number of hydrogen-bond donors (Lipinski definition) is 3. The predicted octanol–water partition coefficient (Wildman–Crippen LogP) is 2.78. The number of nitrogens with one attached hydrogen (secondary N) is 2. The summed E-state index contributed by atoms with van der Waals surface area (Å²) in [6.45, 7) is 2.36. The zero-order valence-corrected chi connectivity index (χ0v) is 16.3. The van der Waals surface area contributed by atoms with Crippen LogP contribution in [0.1, 0.15) is 51.9 Å². The second-order valence-corrected chi connectivity index (χ2v) is 9.66. The van der Waals surface area contributed by atoms with Gasteiger partial charge in [0.15, 0.2) is 0 Å². The molecule has 150 valence electrons. The molecule has 2 aliphatic carbocycles. The van der Waals surface area contributed by atoms with Crippen molar-refractivity contribution in [1.82, 2.24) is 4.72 Å². The maximum atomic E-state index is 12.6. The summed E-state index contributed by atoms with van der Waals surface area (Å²) >= 11 is 0. The van der Waals surface area contributed by atoms with Crippen molar-refractivity contribution < 1.29 is 18.4 Å². The molecule has 0 heterocycles. The summed E-state index contributed by atoms with van der Waals surface area (Å²) in [5, 5.41) is 24.5. The number of benzene rings is 1. The number of hydrogen-bond acceptors (Lipinski definition) is 6. The Hall–Kier alpha value is -1.71. The van der Waals surface area contributed by atoms with Gasteiger partial charge in [0.2, 0.25) is 10.0 Å². The third kappa shape index (κ3) is 4.77. The van der Waals surface area contributed by atoms with Crippen LogP contribution < -0.4 is 10.0 Å². The van der Waals surface area contributed by atoms with Crippen LogP contribution in [0.25, 0.3) is 0 Å². The van der Waals surface area contributed by atoms with Gasteiger partial charge in [-0.2, -0.15) is 0 Å². The van der Waals surface area contributed by atoms with Gasteiger partial charge in [0.05, 0.1) is 15.4 Å². The molecule has 9 heteroatoms. The minimum atomic E-state index is -3.82. The van der Waals surface area contributed by atoms with Gasteiger partial charge in [-0.3, -0.25) is 10.1 Å². The Bertz CT molecular complexity index is 799. The largest absolute Gasteiger partial charge is 0.388 e. The summed E-state index contributed by atoms with van der Waals surface area (Å²) < 4.78 is 28.0. The van der Waals surface area contributed by atoms with Crippen LogP contribution in [0.2, 0.25) is 0 Å². The van der Waals surface area contributed by atoms with E-state index in [2.05, 4.69) is 17.0 Å². The fourth-order valence-electron chi connectivity index (χ4n) is 3.67. The van der Waals surface area contributed by atoms with Gasteiger partial charge in [-0.05, 0) is 63.0 Å². The molecule has 0 amide bonds. The molecule has 2 fully saturated rings. The van der Waals surface area contributed by atoms with Crippen molar-refractivity contribution in [3.63, 3.8) is 0 Å². The third-order valence-electron chi connectivity index (χ3n) is 5.71. The smallest absolute Gasteiger partial charge is 0.293 e. The fourth-order valence-corrected chi connectivity index (χ4v) is 4.99. The molecule has 27 heavy (non-hydrogen) atoms. The van der Waals surface area contributed by atoms with Gasteiger partial charge >= 0.3 is 0 Å². The summed E-state index contributed by atoms with van der Waals surface area (Å²) in [6.07, 6.45) is 5.75. The first kappa shape index (κ1) is 20.0. The van der Waals surface area contributed by atoms with E-state index in [1.54, 1.807) is 0 Å². The predicted molar refractivity (Wildman–Crippen MR) is 102 cm³/mol. The second-order valence-electron chi connectivity index (χ2n) is 7.95. The zero-order chi connectivity index (χ0) is 19.7. The van der Waals surface area contributed by atoms with E-state index >= 15 is 0 Å². The molecule has 0 aliphatic heterocycles. The lowest BCUT2D eigenvalue weighted by atomic mass is 9.80. The molecule has 0 radical (unpaired) electrons. The molecule has 0 spiro atoms. The summed E-state index contributed by atoms with van der Waals surface area (Å²) in [5.74, 6) is 0.600. The van der Waals surface area contributed by atoms with E-state index in [4.69, 9.17) is 0 Å². The molecule has 1 aromatic carbocycles. The maximum absolute atomic E-state index is 12.6. The van der Waals surface area contributed by atoms with Gasteiger partial charge in [-0.1, -0.05) is 6.92 Å². The van der Waals surface area contributed by atoms with Gasteiger partial charge in [0.1, 0.15) is 5.69 Å². The van der Waals surface area contributed by atoms with Crippen molar-refractivity contribution in [2.45, 2.75) is 68.4 Å². The number of aliphatic hydroxyl groups is 1. The van der Waals surface area contributed by atoms with Crippen LogP contribution in [0.4, 0.5) is 11.4 Å². The first-order valence-corrected chi connectivity index (χ1v) is 10.9. The normalized spacial score (nSPS) is 24.8. The summed E-state index contributed by atoms with van der Waals surface area (Å²) in [6, 6.07) is 3.72. The summed E-state index contributed by atoms with van der Waals surface area (Å²) in [5.41, 5.74) is -0.929. The molecule has 8 nitrogen and oxygen atoms in total. The summed E-state index contributed by atoms with van der Waals surface area (Å²) in [7, 11) is -3.82. The minimum Gasteiger partial charge on any atom is -0.388 e. The quantitative estimate of drug-likeness (QED) is 0.480. The molecule has 3 rings (SSSR count). The lowest BCUT2D eigenvalue weighted by Gasteiger charge is -2.36. The molecule has 0 unspecified atom stereocenters. The molecule has 0 atom stereocenters. The molecular weight excluding hydrogens is 370 g/mol. The fraction of sp³-hybridized carbons (Fsp3) is 0.667.